The molecule has 1 heterocycles. The standard InChI is InChI=1S/C10H15NO3/c1-11-7(4-5-8(11)12)9(10(13)14)6-2-3-6/h6-7,9H,2-5H2,1H3,(H,13,14). The van der Waals surface area contributed by atoms with E-state index >= 15 is 0 Å². The summed E-state index contributed by atoms with van der Waals surface area (Å²) < 4.78 is 0. The molecule has 0 bridgehead atoms. The van der Waals surface area contributed by atoms with Crippen LogP contribution in [0.1, 0.15) is 25.7 Å². The summed E-state index contributed by atoms with van der Waals surface area (Å²) in [5.74, 6) is -0.668. The van der Waals surface area contributed by atoms with Crippen LogP contribution in [-0.2, 0) is 9.59 Å². The van der Waals surface area contributed by atoms with Gasteiger partial charge in [-0.15, -0.1) is 0 Å². The van der Waals surface area contributed by atoms with Crippen molar-refractivity contribution in [2.45, 2.75) is 31.7 Å². The molecule has 1 amide bonds. The van der Waals surface area contributed by atoms with Crippen molar-refractivity contribution < 1.29 is 14.7 Å². The molecular formula is C10H15NO3. The third-order valence-electron chi connectivity index (χ3n) is 3.37. The number of carboxylic acid groups (broad SMARTS) is 1. The lowest BCUT2D eigenvalue weighted by Crippen LogP contribution is -2.39. The van der Waals surface area contributed by atoms with E-state index in [1.54, 1.807) is 11.9 Å². The van der Waals surface area contributed by atoms with E-state index in [2.05, 4.69) is 0 Å². The van der Waals surface area contributed by atoms with Crippen LogP contribution < -0.4 is 0 Å². The molecule has 4 nitrogen and oxygen atoms in total. The van der Waals surface area contributed by atoms with Gasteiger partial charge in [-0.1, -0.05) is 0 Å². The zero-order valence-corrected chi connectivity index (χ0v) is 8.27. The van der Waals surface area contributed by atoms with Gasteiger partial charge in [0.2, 0.25) is 5.91 Å². The second-order valence-corrected chi connectivity index (χ2v) is 4.31. The van der Waals surface area contributed by atoms with Gasteiger partial charge in [-0.25, -0.2) is 0 Å². The fraction of sp³-hybridized carbons (Fsp3) is 0.800. The monoisotopic (exact) mass is 197 g/mol. The summed E-state index contributed by atoms with van der Waals surface area (Å²) in [6.07, 6.45) is 3.24. The fourth-order valence-electron chi connectivity index (χ4n) is 2.38. The summed E-state index contributed by atoms with van der Waals surface area (Å²) in [5.41, 5.74) is 0. The highest BCUT2D eigenvalue weighted by Gasteiger charge is 2.46. The number of aliphatic carboxylic acids is 1. The number of hydrogen-bond donors (Lipinski definition) is 1. The van der Waals surface area contributed by atoms with E-state index in [1.165, 1.54) is 0 Å². The second kappa shape index (κ2) is 3.26. The largest absolute Gasteiger partial charge is 0.481 e. The van der Waals surface area contributed by atoms with Gasteiger partial charge in [0.1, 0.15) is 0 Å². The zero-order chi connectivity index (χ0) is 10.3. The van der Waals surface area contributed by atoms with E-state index in [4.69, 9.17) is 5.11 Å². The summed E-state index contributed by atoms with van der Waals surface area (Å²) in [5, 5.41) is 9.11. The van der Waals surface area contributed by atoms with Crippen molar-refractivity contribution in [1.29, 1.82) is 0 Å². The van der Waals surface area contributed by atoms with Crippen molar-refractivity contribution in [2.24, 2.45) is 11.8 Å². The SMILES string of the molecule is CN1C(=O)CCC1C(C(=O)O)C1CC1. The number of likely N-dealkylation sites (tertiary alicyclic amines) is 1. The molecule has 0 aromatic rings. The van der Waals surface area contributed by atoms with Crippen LogP contribution in [0.15, 0.2) is 0 Å². The van der Waals surface area contributed by atoms with Crippen molar-refractivity contribution >= 4 is 11.9 Å². The normalized spacial score (nSPS) is 29.4. The lowest BCUT2D eigenvalue weighted by Gasteiger charge is -2.25. The minimum Gasteiger partial charge on any atom is -0.481 e. The summed E-state index contributed by atoms with van der Waals surface area (Å²) in [7, 11) is 1.72. The Kier molecular flexibility index (Phi) is 2.21. The predicted octanol–water partition coefficient (Wildman–Crippen LogP) is 0.718. The molecule has 0 aromatic heterocycles. The van der Waals surface area contributed by atoms with Crippen LogP contribution in [0.4, 0.5) is 0 Å². The molecule has 78 valence electrons. The Morgan fingerprint density at radius 1 is 1.50 bits per heavy atom. The first-order valence-corrected chi connectivity index (χ1v) is 5.09. The summed E-state index contributed by atoms with van der Waals surface area (Å²) in [6, 6.07) is -0.0625. The number of nitrogens with zero attached hydrogens (tertiary/aromatic N) is 1. The van der Waals surface area contributed by atoms with E-state index in [-0.39, 0.29) is 17.9 Å². The summed E-state index contributed by atoms with van der Waals surface area (Å²) >= 11 is 0. The minimum atomic E-state index is -0.737. The maximum absolute atomic E-state index is 11.3. The molecule has 2 atom stereocenters. The highest BCUT2D eigenvalue weighted by Crippen LogP contribution is 2.42. The number of hydrogen-bond acceptors (Lipinski definition) is 2. The second-order valence-electron chi connectivity index (χ2n) is 4.31. The molecule has 2 unspecified atom stereocenters. The molecular weight excluding hydrogens is 182 g/mol. The molecule has 1 N–H and O–H groups in total. The molecule has 2 rings (SSSR count). The van der Waals surface area contributed by atoms with Crippen molar-refractivity contribution in [1.82, 2.24) is 4.90 Å². The first-order chi connectivity index (χ1) is 6.61. The Morgan fingerprint density at radius 3 is 2.50 bits per heavy atom. The fourth-order valence-corrected chi connectivity index (χ4v) is 2.38. The first kappa shape index (κ1) is 9.49. The third-order valence-corrected chi connectivity index (χ3v) is 3.37. The lowest BCUT2D eigenvalue weighted by atomic mass is 9.93. The Balaban J connectivity index is 2.11. The van der Waals surface area contributed by atoms with Crippen LogP contribution in [0.2, 0.25) is 0 Å². The van der Waals surface area contributed by atoms with Gasteiger partial charge in [-0.05, 0) is 25.2 Å². The highest BCUT2D eigenvalue weighted by molar-refractivity contribution is 5.80. The van der Waals surface area contributed by atoms with Gasteiger partial charge >= 0.3 is 5.97 Å². The summed E-state index contributed by atoms with van der Waals surface area (Å²) in [6.45, 7) is 0. The third kappa shape index (κ3) is 1.49. The maximum Gasteiger partial charge on any atom is 0.308 e. The molecule has 0 spiro atoms. The molecule has 1 aliphatic carbocycles. The molecule has 0 radical (unpaired) electrons. The Labute approximate surface area is 82.9 Å². The molecule has 1 aliphatic heterocycles. The van der Waals surface area contributed by atoms with Crippen LogP contribution in [-0.4, -0.2) is 35.0 Å². The molecule has 14 heavy (non-hydrogen) atoms. The highest BCUT2D eigenvalue weighted by atomic mass is 16.4. The van der Waals surface area contributed by atoms with Crippen molar-refractivity contribution in [3.05, 3.63) is 0 Å². The van der Waals surface area contributed by atoms with Gasteiger partial charge in [0.15, 0.2) is 0 Å². The predicted molar refractivity (Wildman–Crippen MR) is 49.6 cm³/mol. The molecule has 4 heteroatoms. The zero-order valence-electron chi connectivity index (χ0n) is 8.27. The van der Waals surface area contributed by atoms with Crippen LogP contribution >= 0.6 is 0 Å². The van der Waals surface area contributed by atoms with Gasteiger partial charge in [0, 0.05) is 19.5 Å². The Bertz CT molecular complexity index is 273. The smallest absolute Gasteiger partial charge is 0.308 e. The Morgan fingerprint density at radius 2 is 2.14 bits per heavy atom. The molecule has 0 aromatic carbocycles. The Hall–Kier alpha value is -1.06. The van der Waals surface area contributed by atoms with E-state index in [0.717, 1.165) is 12.8 Å². The van der Waals surface area contributed by atoms with Gasteiger partial charge in [-0.2, -0.15) is 0 Å². The van der Waals surface area contributed by atoms with E-state index in [9.17, 15) is 9.59 Å². The van der Waals surface area contributed by atoms with Gasteiger partial charge < -0.3 is 10.0 Å². The van der Waals surface area contributed by atoms with E-state index < -0.39 is 5.97 Å². The van der Waals surface area contributed by atoms with Gasteiger partial charge in [0.25, 0.3) is 0 Å². The number of carbonyl (C=O) groups excluding carboxylic acids is 1. The van der Waals surface area contributed by atoms with Gasteiger partial charge in [0.05, 0.1) is 5.92 Å². The molecule has 1 saturated heterocycles. The molecule has 2 fully saturated rings. The van der Waals surface area contributed by atoms with Crippen molar-refractivity contribution in [3.8, 4) is 0 Å². The van der Waals surface area contributed by atoms with Crippen LogP contribution in [0, 0.1) is 11.8 Å². The van der Waals surface area contributed by atoms with Crippen LogP contribution in [0.3, 0.4) is 0 Å². The number of rotatable bonds is 3. The van der Waals surface area contributed by atoms with Crippen molar-refractivity contribution in [2.75, 3.05) is 7.05 Å². The lowest BCUT2D eigenvalue weighted by molar-refractivity contribution is -0.145. The number of amides is 1. The maximum atomic E-state index is 11.3. The summed E-state index contributed by atoms with van der Waals surface area (Å²) in [4.78, 5) is 24.0. The van der Waals surface area contributed by atoms with E-state index in [0.29, 0.717) is 18.8 Å². The van der Waals surface area contributed by atoms with Crippen LogP contribution in [0.25, 0.3) is 0 Å². The molecule has 2 aliphatic rings. The molecule has 1 saturated carbocycles. The average molecular weight is 197 g/mol. The average Bonchev–Trinajstić information content (AvgIpc) is 2.88. The first-order valence-electron chi connectivity index (χ1n) is 5.09. The quantitative estimate of drug-likeness (QED) is 0.725. The topological polar surface area (TPSA) is 57.6 Å². The van der Waals surface area contributed by atoms with E-state index in [1.807, 2.05) is 0 Å². The van der Waals surface area contributed by atoms with Crippen LogP contribution in [0.5, 0.6) is 0 Å². The number of carbonyl (C=O) groups is 2. The van der Waals surface area contributed by atoms with Gasteiger partial charge in [-0.3, -0.25) is 9.59 Å². The number of carboxylic acids is 1. The minimum absolute atomic E-state index is 0.0625. The van der Waals surface area contributed by atoms with Crippen molar-refractivity contribution in [3.63, 3.8) is 0 Å².